The Balaban J connectivity index is 1.63. The van der Waals surface area contributed by atoms with Crippen LogP contribution >= 0.6 is 0 Å². The van der Waals surface area contributed by atoms with Gasteiger partial charge in [-0.05, 0) is 18.1 Å². The van der Waals surface area contributed by atoms with Crippen LogP contribution in [0.15, 0.2) is 30.7 Å². The van der Waals surface area contributed by atoms with E-state index in [9.17, 15) is 4.79 Å². The highest BCUT2D eigenvalue weighted by atomic mass is 16.5. The second-order valence-electron chi connectivity index (χ2n) is 5.02. The Labute approximate surface area is 122 Å². The maximum absolute atomic E-state index is 12.3. The van der Waals surface area contributed by atoms with Gasteiger partial charge in [-0.15, -0.1) is 0 Å². The Kier molecular flexibility index (Phi) is 3.92. The van der Waals surface area contributed by atoms with Crippen LogP contribution in [0.4, 0.5) is 0 Å². The van der Waals surface area contributed by atoms with Crippen molar-refractivity contribution in [3.05, 3.63) is 42.0 Å². The molecule has 0 radical (unpaired) electrons. The zero-order chi connectivity index (χ0) is 14.7. The van der Waals surface area contributed by atoms with Crippen LogP contribution in [0.2, 0.25) is 0 Å². The van der Waals surface area contributed by atoms with Crippen LogP contribution in [0.5, 0.6) is 0 Å². The first kappa shape index (κ1) is 13.7. The van der Waals surface area contributed by atoms with Crippen molar-refractivity contribution < 1.29 is 9.53 Å². The first-order valence-electron chi connectivity index (χ1n) is 6.88. The van der Waals surface area contributed by atoms with Crippen LogP contribution in [0, 0.1) is 5.92 Å². The predicted octanol–water partition coefficient (Wildman–Crippen LogP) is 0.604. The molecule has 0 saturated carbocycles. The molecule has 1 fully saturated rings. The van der Waals surface area contributed by atoms with Crippen LogP contribution in [0.3, 0.4) is 0 Å². The molecule has 7 nitrogen and oxygen atoms in total. The van der Waals surface area contributed by atoms with Gasteiger partial charge in [0.15, 0.2) is 0 Å². The Morgan fingerprint density at radius 1 is 1.52 bits per heavy atom. The van der Waals surface area contributed by atoms with Crippen molar-refractivity contribution >= 4 is 5.91 Å². The third-order valence-corrected chi connectivity index (χ3v) is 3.53. The Bertz CT molecular complexity index is 613. The lowest BCUT2D eigenvalue weighted by atomic mass is 9.95. The van der Waals surface area contributed by atoms with Gasteiger partial charge in [0, 0.05) is 26.0 Å². The largest absolute Gasteiger partial charge is 0.373 e. The first-order chi connectivity index (χ1) is 10.2. The van der Waals surface area contributed by atoms with Gasteiger partial charge >= 0.3 is 0 Å². The van der Waals surface area contributed by atoms with E-state index in [0.717, 1.165) is 11.3 Å². The van der Waals surface area contributed by atoms with Crippen LogP contribution < -0.4 is 5.32 Å². The fourth-order valence-electron chi connectivity index (χ4n) is 2.51. The zero-order valence-corrected chi connectivity index (χ0v) is 11.8. The van der Waals surface area contributed by atoms with Crippen molar-refractivity contribution in [2.75, 3.05) is 6.61 Å². The second-order valence-corrected chi connectivity index (χ2v) is 5.02. The number of hydrogen-bond donors (Lipinski definition) is 1. The van der Waals surface area contributed by atoms with Gasteiger partial charge in [0.05, 0.1) is 24.8 Å². The number of carbonyl (C=O) groups is 1. The van der Waals surface area contributed by atoms with E-state index in [0.29, 0.717) is 19.6 Å². The Morgan fingerprint density at radius 3 is 3.14 bits per heavy atom. The van der Waals surface area contributed by atoms with Gasteiger partial charge in [-0.2, -0.15) is 15.0 Å². The summed E-state index contributed by atoms with van der Waals surface area (Å²) in [7, 11) is 1.74. The first-order valence-corrected chi connectivity index (χ1v) is 6.88. The maximum atomic E-state index is 12.3. The van der Waals surface area contributed by atoms with Crippen LogP contribution in [0.25, 0.3) is 0 Å². The van der Waals surface area contributed by atoms with Gasteiger partial charge in [-0.1, -0.05) is 6.07 Å². The highest BCUT2D eigenvalue weighted by Gasteiger charge is 2.35. The number of aromatic nitrogens is 4. The molecule has 2 aromatic heterocycles. The molecule has 1 aliphatic rings. The molecule has 1 saturated heterocycles. The molecule has 110 valence electrons. The van der Waals surface area contributed by atoms with E-state index >= 15 is 0 Å². The van der Waals surface area contributed by atoms with Gasteiger partial charge in [-0.3, -0.25) is 9.78 Å². The Morgan fingerprint density at radius 2 is 2.43 bits per heavy atom. The fourth-order valence-corrected chi connectivity index (χ4v) is 2.51. The molecule has 3 rings (SSSR count). The summed E-state index contributed by atoms with van der Waals surface area (Å²) in [6.45, 7) is 0.964. The SMILES string of the molecule is Cn1ncc(CNC(=O)[C@H]2CCO[C@@H]2c2cccnc2)n1. The van der Waals surface area contributed by atoms with Crippen LogP contribution in [0.1, 0.15) is 23.8 Å². The van der Waals surface area contributed by atoms with Gasteiger partial charge in [0.25, 0.3) is 0 Å². The lowest BCUT2D eigenvalue weighted by Crippen LogP contribution is -2.32. The number of aryl methyl sites for hydroxylation is 1. The normalized spacial score (nSPS) is 21.4. The molecule has 0 unspecified atom stereocenters. The molecule has 2 aromatic rings. The number of hydrogen-bond acceptors (Lipinski definition) is 5. The molecule has 2 atom stereocenters. The summed E-state index contributed by atoms with van der Waals surface area (Å²) in [6, 6.07) is 3.79. The fraction of sp³-hybridized carbons (Fsp3) is 0.429. The number of nitrogens with zero attached hydrogens (tertiary/aromatic N) is 4. The van der Waals surface area contributed by atoms with E-state index in [1.54, 1.807) is 25.6 Å². The summed E-state index contributed by atoms with van der Waals surface area (Å²) >= 11 is 0. The zero-order valence-electron chi connectivity index (χ0n) is 11.8. The van der Waals surface area contributed by atoms with E-state index in [4.69, 9.17) is 4.74 Å². The van der Waals surface area contributed by atoms with E-state index in [-0.39, 0.29) is 17.9 Å². The molecule has 1 amide bonds. The van der Waals surface area contributed by atoms with E-state index in [1.165, 1.54) is 4.80 Å². The monoisotopic (exact) mass is 287 g/mol. The van der Waals surface area contributed by atoms with Crippen molar-refractivity contribution in [3.63, 3.8) is 0 Å². The van der Waals surface area contributed by atoms with Gasteiger partial charge < -0.3 is 10.1 Å². The van der Waals surface area contributed by atoms with Crippen LogP contribution in [-0.2, 0) is 23.1 Å². The molecule has 0 aliphatic carbocycles. The van der Waals surface area contributed by atoms with Gasteiger partial charge in [-0.25, -0.2) is 0 Å². The van der Waals surface area contributed by atoms with Crippen molar-refractivity contribution in [2.45, 2.75) is 19.1 Å². The average Bonchev–Trinajstić information content (AvgIpc) is 3.14. The molecule has 0 spiro atoms. The highest BCUT2D eigenvalue weighted by molar-refractivity contribution is 5.79. The number of pyridine rings is 1. The molecule has 1 aliphatic heterocycles. The van der Waals surface area contributed by atoms with E-state index in [1.807, 2.05) is 12.1 Å². The summed E-state index contributed by atoms with van der Waals surface area (Å²) in [5.41, 5.74) is 1.68. The van der Waals surface area contributed by atoms with Gasteiger partial charge in [0.2, 0.25) is 5.91 Å². The number of amides is 1. The molecule has 3 heterocycles. The summed E-state index contributed by atoms with van der Waals surface area (Å²) in [6.07, 6.45) is 5.59. The standard InChI is InChI=1S/C14H17N5O2/c1-19-17-9-11(18-19)8-16-14(20)12-4-6-21-13(12)10-3-2-5-15-7-10/h2-3,5,7,9,12-13H,4,6,8H2,1H3,(H,16,20)/t12-,13+/m0/s1. The smallest absolute Gasteiger partial charge is 0.226 e. The summed E-state index contributed by atoms with van der Waals surface area (Å²) in [5.74, 6) is -0.210. The summed E-state index contributed by atoms with van der Waals surface area (Å²) < 4.78 is 5.70. The maximum Gasteiger partial charge on any atom is 0.226 e. The summed E-state index contributed by atoms with van der Waals surface area (Å²) in [4.78, 5) is 17.9. The van der Waals surface area contributed by atoms with E-state index in [2.05, 4.69) is 20.5 Å². The molecular weight excluding hydrogens is 270 g/mol. The molecule has 0 aromatic carbocycles. The summed E-state index contributed by atoms with van der Waals surface area (Å²) in [5, 5.41) is 11.0. The third-order valence-electron chi connectivity index (χ3n) is 3.53. The molecule has 1 N–H and O–H groups in total. The van der Waals surface area contributed by atoms with Crippen molar-refractivity contribution in [1.82, 2.24) is 25.3 Å². The number of ether oxygens (including phenoxy) is 1. The molecule has 7 heteroatoms. The highest BCUT2D eigenvalue weighted by Crippen LogP contribution is 2.34. The topological polar surface area (TPSA) is 81.9 Å². The van der Waals surface area contributed by atoms with Gasteiger partial charge in [0.1, 0.15) is 5.69 Å². The predicted molar refractivity (Wildman–Crippen MR) is 73.9 cm³/mol. The number of carbonyl (C=O) groups excluding carboxylic acids is 1. The molecule has 21 heavy (non-hydrogen) atoms. The lowest BCUT2D eigenvalue weighted by molar-refractivity contribution is -0.127. The van der Waals surface area contributed by atoms with Crippen LogP contribution in [-0.4, -0.2) is 32.5 Å². The second kappa shape index (κ2) is 6.01. The quantitative estimate of drug-likeness (QED) is 0.890. The average molecular weight is 287 g/mol. The van der Waals surface area contributed by atoms with Crippen molar-refractivity contribution in [2.24, 2.45) is 13.0 Å². The minimum absolute atomic E-state index is 0.0213. The number of rotatable bonds is 4. The van der Waals surface area contributed by atoms with E-state index < -0.39 is 0 Å². The number of nitrogens with one attached hydrogen (secondary N) is 1. The lowest BCUT2D eigenvalue weighted by Gasteiger charge is -2.17. The third kappa shape index (κ3) is 3.08. The van der Waals surface area contributed by atoms with Crippen molar-refractivity contribution in [1.29, 1.82) is 0 Å². The Hall–Kier alpha value is -2.28. The minimum Gasteiger partial charge on any atom is -0.373 e. The minimum atomic E-state index is -0.222. The molecule has 0 bridgehead atoms. The van der Waals surface area contributed by atoms with Crippen molar-refractivity contribution in [3.8, 4) is 0 Å². The molecular formula is C14H17N5O2.